The molecule has 2 aromatic rings. The van der Waals surface area contributed by atoms with Gasteiger partial charge in [-0.3, -0.25) is 4.79 Å². The fourth-order valence-corrected chi connectivity index (χ4v) is 6.79. The Morgan fingerprint density at radius 2 is 2.00 bits per heavy atom. The monoisotopic (exact) mass is 470 g/mol. The maximum Gasteiger partial charge on any atom is 0.223 e. The summed E-state index contributed by atoms with van der Waals surface area (Å²) in [6.45, 7) is 3.96. The second-order valence-corrected chi connectivity index (χ2v) is 11.7. The summed E-state index contributed by atoms with van der Waals surface area (Å²) in [5.41, 5.74) is 3.43. The van der Waals surface area contributed by atoms with Gasteiger partial charge in [0.05, 0.1) is 17.2 Å². The van der Waals surface area contributed by atoms with E-state index in [0.29, 0.717) is 25.9 Å². The molecular weight excluding hydrogens is 436 g/mol. The summed E-state index contributed by atoms with van der Waals surface area (Å²) < 4.78 is 23.5. The summed E-state index contributed by atoms with van der Waals surface area (Å²) in [5.74, 6) is 1.58. The van der Waals surface area contributed by atoms with E-state index in [1.807, 2.05) is 48.2 Å². The van der Waals surface area contributed by atoms with Gasteiger partial charge in [-0.15, -0.1) is 0 Å². The highest BCUT2D eigenvalue weighted by molar-refractivity contribution is 7.91. The molecule has 4 rings (SSSR count). The topological polar surface area (TPSA) is 83.5 Å². The third-order valence-electron chi connectivity index (χ3n) is 6.93. The van der Waals surface area contributed by atoms with Crippen LogP contribution < -0.4 is 0 Å². The Kier molecular flexibility index (Phi) is 7.44. The number of hydrogen-bond donors (Lipinski definition) is 0. The van der Waals surface area contributed by atoms with Crippen molar-refractivity contribution >= 4 is 15.7 Å². The number of carbonyl (C=O) groups is 1. The smallest absolute Gasteiger partial charge is 0.223 e. The average Bonchev–Trinajstić information content (AvgIpc) is 3.19. The lowest BCUT2D eigenvalue weighted by atomic mass is 9.90. The Bertz CT molecular complexity index is 1070. The summed E-state index contributed by atoms with van der Waals surface area (Å²) in [5, 5.41) is 0. The number of rotatable bonds is 7. The van der Waals surface area contributed by atoms with Gasteiger partial charge in [0, 0.05) is 50.6 Å². The zero-order chi connectivity index (χ0) is 23.4. The van der Waals surface area contributed by atoms with E-state index in [9.17, 15) is 13.2 Å². The Morgan fingerprint density at radius 3 is 2.73 bits per heavy atom. The maximum atomic E-state index is 13.0. The van der Waals surface area contributed by atoms with Crippen molar-refractivity contribution in [2.24, 2.45) is 0 Å². The standard InChI is InChI=1S/C25H34N4O3S/c1-19-26-16-22(15-20-7-4-3-5-8-20)25(27-19)21-9-6-12-29(17-21)24(30)10-13-28(2)23-11-14-33(31,32)18-23/h3-5,7-8,16,21,23H,6,9-15,17-18H2,1-2H3/t21-,23+/m0/s1. The van der Waals surface area contributed by atoms with Gasteiger partial charge in [-0.1, -0.05) is 30.3 Å². The van der Waals surface area contributed by atoms with Gasteiger partial charge in [0.2, 0.25) is 5.91 Å². The molecule has 2 fully saturated rings. The van der Waals surface area contributed by atoms with Crippen molar-refractivity contribution in [2.45, 2.75) is 51.0 Å². The molecule has 1 aromatic carbocycles. The van der Waals surface area contributed by atoms with Crippen molar-refractivity contribution in [1.29, 1.82) is 0 Å². The predicted molar refractivity (Wildman–Crippen MR) is 129 cm³/mol. The van der Waals surface area contributed by atoms with Crippen LogP contribution in [-0.4, -0.2) is 78.3 Å². The van der Waals surface area contributed by atoms with E-state index < -0.39 is 9.84 Å². The Labute approximate surface area is 197 Å². The van der Waals surface area contributed by atoms with Crippen LogP contribution in [0.25, 0.3) is 0 Å². The summed E-state index contributed by atoms with van der Waals surface area (Å²) in [6, 6.07) is 10.4. The Balaban J connectivity index is 1.39. The molecule has 2 saturated heterocycles. The van der Waals surface area contributed by atoms with Crippen LogP contribution in [0.4, 0.5) is 0 Å². The van der Waals surface area contributed by atoms with E-state index >= 15 is 0 Å². The molecule has 2 aliphatic rings. The third kappa shape index (κ3) is 6.18. The first-order valence-electron chi connectivity index (χ1n) is 11.9. The van der Waals surface area contributed by atoms with Crippen LogP contribution in [-0.2, 0) is 21.1 Å². The van der Waals surface area contributed by atoms with E-state index in [4.69, 9.17) is 4.98 Å². The van der Waals surface area contributed by atoms with Gasteiger partial charge in [-0.25, -0.2) is 18.4 Å². The summed E-state index contributed by atoms with van der Waals surface area (Å²) in [7, 11) is -0.989. The molecule has 1 amide bonds. The Morgan fingerprint density at radius 1 is 1.21 bits per heavy atom. The van der Waals surface area contributed by atoms with E-state index in [2.05, 4.69) is 17.1 Å². The molecule has 0 radical (unpaired) electrons. The molecule has 0 aliphatic carbocycles. The van der Waals surface area contributed by atoms with Crippen molar-refractivity contribution in [2.75, 3.05) is 38.2 Å². The molecule has 0 bridgehead atoms. The van der Waals surface area contributed by atoms with Crippen LogP contribution in [0.3, 0.4) is 0 Å². The average molecular weight is 471 g/mol. The highest BCUT2D eigenvalue weighted by Gasteiger charge is 2.32. The van der Waals surface area contributed by atoms with Crippen molar-refractivity contribution in [3.63, 3.8) is 0 Å². The van der Waals surface area contributed by atoms with Crippen LogP contribution in [0.15, 0.2) is 36.5 Å². The number of hydrogen-bond acceptors (Lipinski definition) is 6. The van der Waals surface area contributed by atoms with E-state index in [-0.39, 0.29) is 29.4 Å². The van der Waals surface area contributed by atoms with E-state index in [0.717, 1.165) is 42.9 Å². The lowest BCUT2D eigenvalue weighted by molar-refractivity contribution is -0.132. The lowest BCUT2D eigenvalue weighted by Crippen LogP contribution is -2.42. The first-order valence-corrected chi connectivity index (χ1v) is 13.7. The maximum absolute atomic E-state index is 13.0. The minimum atomic E-state index is -2.92. The van der Waals surface area contributed by atoms with Gasteiger partial charge < -0.3 is 9.80 Å². The second-order valence-electron chi connectivity index (χ2n) is 9.46. The molecule has 0 spiro atoms. The Hall–Kier alpha value is -2.32. The van der Waals surface area contributed by atoms with Crippen LogP contribution in [0, 0.1) is 6.92 Å². The fourth-order valence-electron chi connectivity index (χ4n) is 4.98. The van der Waals surface area contributed by atoms with E-state index in [1.54, 1.807) is 0 Å². The van der Waals surface area contributed by atoms with E-state index in [1.165, 1.54) is 5.56 Å². The number of aromatic nitrogens is 2. The molecule has 1 aromatic heterocycles. The van der Waals surface area contributed by atoms with Gasteiger partial charge in [0.15, 0.2) is 9.84 Å². The van der Waals surface area contributed by atoms with Gasteiger partial charge in [0.1, 0.15) is 5.82 Å². The largest absolute Gasteiger partial charge is 0.342 e. The highest BCUT2D eigenvalue weighted by Crippen LogP contribution is 2.29. The van der Waals surface area contributed by atoms with Gasteiger partial charge in [0.25, 0.3) is 0 Å². The third-order valence-corrected chi connectivity index (χ3v) is 8.68. The lowest BCUT2D eigenvalue weighted by Gasteiger charge is -2.34. The van der Waals surface area contributed by atoms with Crippen LogP contribution >= 0.6 is 0 Å². The quantitative estimate of drug-likeness (QED) is 0.619. The van der Waals surface area contributed by atoms with Gasteiger partial charge in [-0.05, 0) is 44.4 Å². The molecule has 0 unspecified atom stereocenters. The number of sulfone groups is 1. The van der Waals surface area contributed by atoms with Crippen molar-refractivity contribution in [3.05, 3.63) is 59.2 Å². The first-order chi connectivity index (χ1) is 15.8. The fraction of sp³-hybridized carbons (Fsp3) is 0.560. The molecular formula is C25H34N4O3S. The predicted octanol–water partition coefficient (Wildman–Crippen LogP) is 2.59. The zero-order valence-corrected chi connectivity index (χ0v) is 20.4. The first kappa shape index (κ1) is 23.8. The molecule has 0 saturated carbocycles. The molecule has 8 heteroatoms. The SMILES string of the molecule is Cc1ncc(Cc2ccccc2)c([C@H]2CCCN(C(=O)CCN(C)[C@@H]3CCS(=O)(=O)C3)C2)n1. The van der Waals surface area contributed by atoms with Gasteiger partial charge in [-0.2, -0.15) is 0 Å². The number of likely N-dealkylation sites (tertiary alicyclic amines) is 1. The van der Waals surface area contributed by atoms with Crippen molar-refractivity contribution in [3.8, 4) is 0 Å². The molecule has 178 valence electrons. The molecule has 0 N–H and O–H groups in total. The molecule has 33 heavy (non-hydrogen) atoms. The summed E-state index contributed by atoms with van der Waals surface area (Å²) in [6.07, 6.45) is 5.78. The number of aryl methyl sites for hydroxylation is 1. The van der Waals surface area contributed by atoms with Crippen molar-refractivity contribution < 1.29 is 13.2 Å². The summed E-state index contributed by atoms with van der Waals surface area (Å²) >= 11 is 0. The number of amides is 1. The van der Waals surface area contributed by atoms with Crippen LogP contribution in [0.2, 0.25) is 0 Å². The minimum absolute atomic E-state index is 0.0291. The highest BCUT2D eigenvalue weighted by atomic mass is 32.2. The molecule has 7 nitrogen and oxygen atoms in total. The number of benzene rings is 1. The molecule has 3 heterocycles. The second kappa shape index (κ2) is 10.3. The van der Waals surface area contributed by atoms with Crippen molar-refractivity contribution in [1.82, 2.24) is 19.8 Å². The number of piperidine rings is 1. The number of carbonyl (C=O) groups excluding carboxylic acids is 1. The summed E-state index contributed by atoms with van der Waals surface area (Å²) in [4.78, 5) is 26.3. The molecule has 2 aliphatic heterocycles. The van der Waals surface area contributed by atoms with Gasteiger partial charge >= 0.3 is 0 Å². The van der Waals surface area contributed by atoms with Crippen LogP contribution in [0.5, 0.6) is 0 Å². The zero-order valence-electron chi connectivity index (χ0n) is 19.6. The van der Waals surface area contributed by atoms with Crippen LogP contribution in [0.1, 0.15) is 54.2 Å². The normalized spacial score (nSPS) is 22.6. The number of nitrogens with zero attached hydrogens (tertiary/aromatic N) is 4. The minimum Gasteiger partial charge on any atom is -0.342 e. The molecule has 2 atom stereocenters.